The Labute approximate surface area is 85.2 Å². The van der Waals surface area contributed by atoms with Gasteiger partial charge in [-0.15, -0.1) is 0 Å². The van der Waals surface area contributed by atoms with Crippen molar-refractivity contribution in [2.24, 2.45) is 0 Å². The maximum absolute atomic E-state index is 4.15. The molecule has 0 aliphatic heterocycles. The summed E-state index contributed by atoms with van der Waals surface area (Å²) in [6, 6.07) is 0. The molecule has 0 aliphatic carbocycles. The van der Waals surface area contributed by atoms with Crippen LogP contribution in [0.15, 0.2) is 12.4 Å². The maximum atomic E-state index is 4.15. The van der Waals surface area contributed by atoms with E-state index in [2.05, 4.69) is 27.5 Å². The van der Waals surface area contributed by atoms with Crippen molar-refractivity contribution < 1.29 is 0 Å². The molecular formula is C10H18N4. The van der Waals surface area contributed by atoms with Crippen LogP contribution in [0.5, 0.6) is 0 Å². The van der Waals surface area contributed by atoms with Gasteiger partial charge in [0.05, 0.1) is 0 Å². The number of aromatic nitrogens is 2. The number of aryl methyl sites for hydroxylation is 1. The van der Waals surface area contributed by atoms with Gasteiger partial charge >= 0.3 is 0 Å². The first-order chi connectivity index (χ1) is 6.83. The predicted molar refractivity (Wildman–Crippen MR) is 58.4 cm³/mol. The summed E-state index contributed by atoms with van der Waals surface area (Å²) in [5.74, 6) is 0.703. The van der Waals surface area contributed by atoms with Gasteiger partial charge in [-0.05, 0) is 25.5 Å². The highest BCUT2D eigenvalue weighted by molar-refractivity contribution is 5.23. The van der Waals surface area contributed by atoms with E-state index in [0.29, 0.717) is 5.95 Å². The third-order valence-corrected chi connectivity index (χ3v) is 1.79. The molecule has 0 radical (unpaired) electrons. The molecule has 0 aliphatic rings. The second-order valence-electron chi connectivity index (χ2n) is 3.26. The molecule has 0 atom stereocenters. The molecule has 78 valence electrons. The van der Waals surface area contributed by atoms with E-state index in [9.17, 15) is 0 Å². The molecule has 1 rings (SSSR count). The topological polar surface area (TPSA) is 49.8 Å². The molecule has 4 heteroatoms. The van der Waals surface area contributed by atoms with Crippen LogP contribution in [0.4, 0.5) is 5.95 Å². The van der Waals surface area contributed by atoms with Gasteiger partial charge in [-0.1, -0.05) is 6.92 Å². The van der Waals surface area contributed by atoms with Crippen LogP contribution < -0.4 is 10.6 Å². The average Bonchev–Trinajstić information content (AvgIpc) is 2.21. The first kappa shape index (κ1) is 10.9. The zero-order valence-electron chi connectivity index (χ0n) is 8.88. The van der Waals surface area contributed by atoms with Crippen molar-refractivity contribution in [1.82, 2.24) is 15.3 Å². The molecule has 0 saturated heterocycles. The molecule has 0 bridgehead atoms. The molecule has 0 fully saturated rings. The molecule has 1 heterocycles. The van der Waals surface area contributed by atoms with Gasteiger partial charge in [0.2, 0.25) is 5.95 Å². The largest absolute Gasteiger partial charge is 0.353 e. The van der Waals surface area contributed by atoms with E-state index < -0.39 is 0 Å². The van der Waals surface area contributed by atoms with Crippen LogP contribution in [0.2, 0.25) is 0 Å². The minimum atomic E-state index is 0.703. The lowest BCUT2D eigenvalue weighted by molar-refractivity contribution is 0.686. The van der Waals surface area contributed by atoms with Crippen molar-refractivity contribution in [2.75, 3.05) is 25.0 Å². The monoisotopic (exact) mass is 194 g/mol. The minimum Gasteiger partial charge on any atom is -0.353 e. The van der Waals surface area contributed by atoms with E-state index in [0.717, 1.165) is 25.2 Å². The summed E-state index contributed by atoms with van der Waals surface area (Å²) in [7, 11) is 0. The fraction of sp³-hybridized carbons (Fsp3) is 0.600. The van der Waals surface area contributed by atoms with Gasteiger partial charge < -0.3 is 10.6 Å². The quantitative estimate of drug-likeness (QED) is 0.668. The Morgan fingerprint density at radius 1 is 1.14 bits per heavy atom. The normalized spacial score (nSPS) is 10.1. The molecule has 4 nitrogen and oxygen atoms in total. The summed E-state index contributed by atoms with van der Waals surface area (Å²) in [6.45, 7) is 7.01. The van der Waals surface area contributed by atoms with Crippen LogP contribution >= 0.6 is 0 Å². The number of hydrogen-bond donors (Lipinski definition) is 2. The Kier molecular flexibility index (Phi) is 4.93. The zero-order chi connectivity index (χ0) is 10.2. The Bertz CT molecular complexity index is 245. The van der Waals surface area contributed by atoms with Gasteiger partial charge in [-0.2, -0.15) is 0 Å². The standard InChI is InChI=1S/C10H18N4/c1-3-4-11-5-6-12-10-13-7-9(2)8-14-10/h7-8,11H,3-6H2,1-2H3,(H,12,13,14). The SMILES string of the molecule is CCCNCCNc1ncc(C)cn1. The highest BCUT2D eigenvalue weighted by Gasteiger charge is 1.92. The highest BCUT2D eigenvalue weighted by atomic mass is 15.1. The Morgan fingerprint density at radius 3 is 2.50 bits per heavy atom. The molecule has 0 amide bonds. The third kappa shape index (κ3) is 4.18. The van der Waals surface area contributed by atoms with Gasteiger partial charge in [0.15, 0.2) is 0 Å². The van der Waals surface area contributed by atoms with Gasteiger partial charge in [0.1, 0.15) is 0 Å². The Balaban J connectivity index is 2.15. The number of nitrogens with one attached hydrogen (secondary N) is 2. The number of nitrogens with zero attached hydrogens (tertiary/aromatic N) is 2. The fourth-order valence-corrected chi connectivity index (χ4v) is 1.05. The molecule has 0 unspecified atom stereocenters. The number of rotatable bonds is 6. The van der Waals surface area contributed by atoms with Gasteiger partial charge in [0.25, 0.3) is 0 Å². The summed E-state index contributed by atoms with van der Waals surface area (Å²) < 4.78 is 0. The van der Waals surface area contributed by atoms with E-state index in [1.165, 1.54) is 6.42 Å². The van der Waals surface area contributed by atoms with Gasteiger partial charge in [-0.25, -0.2) is 9.97 Å². The minimum absolute atomic E-state index is 0.703. The second kappa shape index (κ2) is 6.32. The van der Waals surface area contributed by atoms with Crippen LogP contribution in [0.25, 0.3) is 0 Å². The molecule has 14 heavy (non-hydrogen) atoms. The zero-order valence-corrected chi connectivity index (χ0v) is 8.88. The van der Waals surface area contributed by atoms with Crippen LogP contribution in [0.3, 0.4) is 0 Å². The van der Waals surface area contributed by atoms with Crippen LogP contribution in [0.1, 0.15) is 18.9 Å². The van der Waals surface area contributed by atoms with Crippen molar-refractivity contribution in [3.8, 4) is 0 Å². The first-order valence-corrected chi connectivity index (χ1v) is 5.06. The van der Waals surface area contributed by atoms with Crippen molar-refractivity contribution in [1.29, 1.82) is 0 Å². The molecule has 1 aromatic rings. The van der Waals surface area contributed by atoms with Crippen molar-refractivity contribution >= 4 is 5.95 Å². The van der Waals surface area contributed by atoms with Crippen molar-refractivity contribution in [2.45, 2.75) is 20.3 Å². The van der Waals surface area contributed by atoms with E-state index in [-0.39, 0.29) is 0 Å². The molecule has 1 aromatic heterocycles. The van der Waals surface area contributed by atoms with Gasteiger partial charge in [-0.3, -0.25) is 0 Å². The highest BCUT2D eigenvalue weighted by Crippen LogP contribution is 1.96. The fourth-order valence-electron chi connectivity index (χ4n) is 1.05. The molecular weight excluding hydrogens is 176 g/mol. The summed E-state index contributed by atoms with van der Waals surface area (Å²) in [5, 5.41) is 6.44. The predicted octanol–water partition coefficient (Wildman–Crippen LogP) is 1.20. The smallest absolute Gasteiger partial charge is 0.222 e. The van der Waals surface area contributed by atoms with Crippen molar-refractivity contribution in [3.05, 3.63) is 18.0 Å². The lowest BCUT2D eigenvalue weighted by Gasteiger charge is -2.05. The van der Waals surface area contributed by atoms with Crippen LogP contribution in [-0.2, 0) is 0 Å². The maximum Gasteiger partial charge on any atom is 0.222 e. The molecule has 2 N–H and O–H groups in total. The molecule has 0 saturated carbocycles. The van der Waals surface area contributed by atoms with Crippen LogP contribution in [0, 0.1) is 6.92 Å². The summed E-state index contributed by atoms with van der Waals surface area (Å²) in [6.07, 6.45) is 4.80. The Hall–Kier alpha value is -1.16. The Morgan fingerprint density at radius 2 is 1.86 bits per heavy atom. The van der Waals surface area contributed by atoms with Crippen molar-refractivity contribution in [3.63, 3.8) is 0 Å². The third-order valence-electron chi connectivity index (χ3n) is 1.79. The number of anilines is 1. The van der Waals surface area contributed by atoms with E-state index in [4.69, 9.17) is 0 Å². The molecule has 0 spiro atoms. The lowest BCUT2D eigenvalue weighted by atomic mass is 10.4. The van der Waals surface area contributed by atoms with Crippen LogP contribution in [-0.4, -0.2) is 29.6 Å². The summed E-state index contributed by atoms with van der Waals surface area (Å²) >= 11 is 0. The van der Waals surface area contributed by atoms with E-state index >= 15 is 0 Å². The summed E-state index contributed by atoms with van der Waals surface area (Å²) in [4.78, 5) is 8.29. The summed E-state index contributed by atoms with van der Waals surface area (Å²) in [5.41, 5.74) is 1.08. The molecule has 0 aromatic carbocycles. The van der Waals surface area contributed by atoms with E-state index in [1.807, 2.05) is 19.3 Å². The lowest BCUT2D eigenvalue weighted by Crippen LogP contribution is -2.23. The van der Waals surface area contributed by atoms with E-state index in [1.54, 1.807) is 0 Å². The second-order valence-corrected chi connectivity index (χ2v) is 3.26. The number of hydrogen-bond acceptors (Lipinski definition) is 4. The van der Waals surface area contributed by atoms with Gasteiger partial charge in [0, 0.05) is 25.5 Å². The average molecular weight is 194 g/mol. The first-order valence-electron chi connectivity index (χ1n) is 5.06.